The van der Waals surface area contributed by atoms with E-state index in [1.807, 2.05) is 48.5 Å². The van der Waals surface area contributed by atoms with E-state index < -0.39 is 0 Å². The molecule has 3 rings (SSSR count). The maximum absolute atomic E-state index is 12.5. The zero-order chi connectivity index (χ0) is 20.5. The number of carbonyl (C=O) groups excluding carboxylic acids is 2. The van der Waals surface area contributed by atoms with Crippen LogP contribution in [-0.4, -0.2) is 24.9 Å². The van der Waals surface area contributed by atoms with E-state index in [0.29, 0.717) is 36.6 Å². The first kappa shape index (κ1) is 20.6. The van der Waals surface area contributed by atoms with Crippen LogP contribution in [0.5, 0.6) is 5.75 Å². The maximum atomic E-state index is 12.5. The summed E-state index contributed by atoms with van der Waals surface area (Å²) in [5.41, 5.74) is 2.04. The van der Waals surface area contributed by atoms with Crippen molar-refractivity contribution in [1.82, 2.24) is 10.6 Å². The monoisotopic (exact) mass is 452 g/mol. The lowest BCUT2D eigenvalue weighted by molar-refractivity contribution is 0.0925. The SMILES string of the molecule is O=C(NCCNC(=O)c1ccccc1OCc1cccc(Br)c1)c1ccccc1. The molecule has 3 aromatic rings. The second kappa shape index (κ2) is 10.4. The van der Waals surface area contributed by atoms with Crippen LogP contribution in [0.3, 0.4) is 0 Å². The first-order valence-corrected chi connectivity index (χ1v) is 10.0. The molecule has 0 aliphatic rings. The molecule has 0 aliphatic carbocycles. The van der Waals surface area contributed by atoms with E-state index in [9.17, 15) is 9.59 Å². The van der Waals surface area contributed by atoms with Gasteiger partial charge in [-0.25, -0.2) is 0 Å². The van der Waals surface area contributed by atoms with Crippen molar-refractivity contribution in [2.45, 2.75) is 6.61 Å². The molecule has 0 heterocycles. The van der Waals surface area contributed by atoms with Gasteiger partial charge in [0.2, 0.25) is 0 Å². The Balaban J connectivity index is 1.51. The molecule has 0 spiro atoms. The zero-order valence-electron chi connectivity index (χ0n) is 15.7. The van der Waals surface area contributed by atoms with Crippen molar-refractivity contribution in [3.8, 4) is 5.75 Å². The lowest BCUT2D eigenvalue weighted by Gasteiger charge is -2.12. The summed E-state index contributed by atoms with van der Waals surface area (Å²) in [6.45, 7) is 1.01. The molecule has 148 valence electrons. The number of halogens is 1. The molecule has 0 atom stereocenters. The minimum Gasteiger partial charge on any atom is -0.488 e. The van der Waals surface area contributed by atoms with Gasteiger partial charge >= 0.3 is 0 Å². The van der Waals surface area contributed by atoms with Crippen molar-refractivity contribution in [1.29, 1.82) is 0 Å². The van der Waals surface area contributed by atoms with E-state index in [1.165, 1.54) is 0 Å². The van der Waals surface area contributed by atoms with Crippen LogP contribution < -0.4 is 15.4 Å². The number of nitrogens with one attached hydrogen (secondary N) is 2. The summed E-state index contributed by atoms with van der Waals surface area (Å²) >= 11 is 3.44. The average Bonchev–Trinajstić information content (AvgIpc) is 2.76. The number of rotatable bonds is 8. The van der Waals surface area contributed by atoms with Crippen LogP contribution in [-0.2, 0) is 6.61 Å². The summed E-state index contributed by atoms with van der Waals surface area (Å²) in [7, 11) is 0. The summed E-state index contributed by atoms with van der Waals surface area (Å²) in [4.78, 5) is 24.5. The molecular weight excluding hydrogens is 432 g/mol. The van der Waals surface area contributed by atoms with Crippen molar-refractivity contribution in [3.63, 3.8) is 0 Å². The van der Waals surface area contributed by atoms with Gasteiger partial charge in [0.1, 0.15) is 12.4 Å². The van der Waals surface area contributed by atoms with E-state index in [2.05, 4.69) is 26.6 Å². The average molecular weight is 453 g/mol. The Morgan fingerprint density at radius 3 is 2.24 bits per heavy atom. The second-order valence-electron chi connectivity index (χ2n) is 6.29. The van der Waals surface area contributed by atoms with Gasteiger partial charge in [-0.1, -0.05) is 58.4 Å². The molecule has 6 heteroatoms. The summed E-state index contributed by atoms with van der Waals surface area (Å²) < 4.78 is 6.82. The number of amides is 2. The molecule has 0 saturated carbocycles. The fourth-order valence-electron chi connectivity index (χ4n) is 2.71. The van der Waals surface area contributed by atoms with Crippen LogP contribution >= 0.6 is 15.9 Å². The number of hydrogen-bond acceptors (Lipinski definition) is 3. The number of carbonyl (C=O) groups is 2. The van der Waals surface area contributed by atoms with Gasteiger partial charge in [-0.15, -0.1) is 0 Å². The van der Waals surface area contributed by atoms with Crippen molar-refractivity contribution in [3.05, 3.63) is 100 Å². The van der Waals surface area contributed by atoms with Crippen LogP contribution in [0.25, 0.3) is 0 Å². The molecule has 0 aromatic heterocycles. The highest BCUT2D eigenvalue weighted by molar-refractivity contribution is 9.10. The van der Waals surface area contributed by atoms with Gasteiger partial charge in [0.05, 0.1) is 5.56 Å². The third-order valence-electron chi connectivity index (χ3n) is 4.15. The highest BCUT2D eigenvalue weighted by Gasteiger charge is 2.12. The number of para-hydroxylation sites is 1. The van der Waals surface area contributed by atoms with Crippen molar-refractivity contribution >= 4 is 27.7 Å². The van der Waals surface area contributed by atoms with Crippen molar-refractivity contribution in [2.75, 3.05) is 13.1 Å². The molecule has 0 unspecified atom stereocenters. The summed E-state index contributed by atoms with van der Waals surface area (Å²) in [5, 5.41) is 5.60. The molecule has 0 saturated heterocycles. The lowest BCUT2D eigenvalue weighted by atomic mass is 10.2. The van der Waals surface area contributed by atoms with Crippen molar-refractivity contribution < 1.29 is 14.3 Å². The van der Waals surface area contributed by atoms with E-state index in [1.54, 1.807) is 30.3 Å². The van der Waals surface area contributed by atoms with E-state index in [0.717, 1.165) is 10.0 Å². The van der Waals surface area contributed by atoms with E-state index >= 15 is 0 Å². The normalized spacial score (nSPS) is 10.2. The molecule has 2 amide bonds. The fourth-order valence-corrected chi connectivity index (χ4v) is 3.15. The van der Waals surface area contributed by atoms with Crippen LogP contribution in [0.2, 0.25) is 0 Å². The summed E-state index contributed by atoms with van der Waals surface area (Å²) in [6, 6.07) is 23.9. The van der Waals surface area contributed by atoms with Crippen LogP contribution in [0.1, 0.15) is 26.3 Å². The van der Waals surface area contributed by atoms with E-state index in [4.69, 9.17) is 4.74 Å². The minimum atomic E-state index is -0.246. The summed E-state index contributed by atoms with van der Waals surface area (Å²) in [6.07, 6.45) is 0. The quantitative estimate of drug-likeness (QED) is 0.503. The van der Waals surface area contributed by atoms with Crippen LogP contribution in [0, 0.1) is 0 Å². The molecule has 0 fully saturated rings. The fraction of sp³-hybridized carbons (Fsp3) is 0.130. The summed E-state index contributed by atoms with van der Waals surface area (Å²) in [5.74, 6) is 0.0969. The standard InChI is InChI=1S/C23H21BrN2O3/c24-19-10-6-7-17(15-19)16-29-21-12-5-4-11-20(21)23(28)26-14-13-25-22(27)18-8-2-1-3-9-18/h1-12,15H,13-14,16H2,(H,25,27)(H,26,28). The molecule has 0 bridgehead atoms. The highest BCUT2D eigenvalue weighted by atomic mass is 79.9. The molecule has 0 aliphatic heterocycles. The Hall–Kier alpha value is -3.12. The van der Waals surface area contributed by atoms with Gasteiger partial charge in [0.25, 0.3) is 11.8 Å². The van der Waals surface area contributed by atoms with Crippen LogP contribution in [0.15, 0.2) is 83.3 Å². The Kier molecular flexibility index (Phi) is 7.41. The van der Waals surface area contributed by atoms with Gasteiger partial charge < -0.3 is 15.4 Å². The lowest BCUT2D eigenvalue weighted by Crippen LogP contribution is -2.34. The highest BCUT2D eigenvalue weighted by Crippen LogP contribution is 2.20. The molecule has 0 radical (unpaired) electrons. The van der Waals surface area contributed by atoms with Crippen molar-refractivity contribution in [2.24, 2.45) is 0 Å². The third kappa shape index (κ3) is 6.19. The molecule has 29 heavy (non-hydrogen) atoms. The predicted octanol–water partition coefficient (Wildman–Crippen LogP) is 4.19. The van der Waals surface area contributed by atoms with Gasteiger partial charge in [-0.2, -0.15) is 0 Å². The predicted molar refractivity (Wildman–Crippen MR) is 116 cm³/mol. The third-order valence-corrected chi connectivity index (χ3v) is 4.64. The first-order valence-electron chi connectivity index (χ1n) is 9.21. The Morgan fingerprint density at radius 1 is 0.793 bits per heavy atom. The first-order chi connectivity index (χ1) is 14.1. The molecule has 5 nitrogen and oxygen atoms in total. The topological polar surface area (TPSA) is 67.4 Å². The number of ether oxygens (including phenoxy) is 1. The van der Waals surface area contributed by atoms with Crippen LogP contribution in [0.4, 0.5) is 0 Å². The number of hydrogen-bond donors (Lipinski definition) is 2. The van der Waals surface area contributed by atoms with Gasteiger partial charge in [0.15, 0.2) is 0 Å². The Labute approximate surface area is 178 Å². The minimum absolute atomic E-state index is 0.169. The smallest absolute Gasteiger partial charge is 0.255 e. The van der Waals surface area contributed by atoms with Gasteiger partial charge in [-0.3, -0.25) is 9.59 Å². The largest absolute Gasteiger partial charge is 0.488 e. The van der Waals surface area contributed by atoms with Gasteiger partial charge in [-0.05, 0) is 42.0 Å². The number of benzene rings is 3. The Morgan fingerprint density at radius 2 is 1.48 bits per heavy atom. The van der Waals surface area contributed by atoms with Gasteiger partial charge in [0, 0.05) is 23.1 Å². The maximum Gasteiger partial charge on any atom is 0.255 e. The zero-order valence-corrected chi connectivity index (χ0v) is 17.3. The van der Waals surface area contributed by atoms with E-state index in [-0.39, 0.29) is 11.8 Å². The molecular formula is C23H21BrN2O3. The second-order valence-corrected chi connectivity index (χ2v) is 7.21. The molecule has 3 aromatic carbocycles. The molecule has 2 N–H and O–H groups in total. The Bertz CT molecular complexity index is 977.